The summed E-state index contributed by atoms with van der Waals surface area (Å²) >= 11 is 0. The summed E-state index contributed by atoms with van der Waals surface area (Å²) in [5.74, 6) is -0.831. The maximum atomic E-state index is 10.5. The van der Waals surface area contributed by atoms with Crippen molar-refractivity contribution in [3.63, 3.8) is 0 Å². The van der Waals surface area contributed by atoms with Gasteiger partial charge in [0.1, 0.15) is 5.60 Å². The second-order valence-corrected chi connectivity index (χ2v) is 3.11. The second-order valence-electron chi connectivity index (χ2n) is 3.11. The van der Waals surface area contributed by atoms with Crippen LogP contribution >= 0.6 is 0 Å². The normalized spacial score (nSPS) is 30.1. The maximum absolute atomic E-state index is 10.5. The highest BCUT2D eigenvalue weighted by Crippen LogP contribution is 2.26. The molecule has 1 saturated heterocycles. The summed E-state index contributed by atoms with van der Waals surface area (Å²) in [7, 11) is 1.54. The van der Waals surface area contributed by atoms with Crippen molar-refractivity contribution in [2.75, 3.05) is 20.3 Å². The average molecular weight is 174 g/mol. The van der Waals surface area contributed by atoms with Crippen LogP contribution in [0.25, 0.3) is 0 Å². The van der Waals surface area contributed by atoms with Gasteiger partial charge in [-0.25, -0.2) is 0 Å². The van der Waals surface area contributed by atoms with Crippen LogP contribution in [0.5, 0.6) is 0 Å². The molecule has 1 atom stereocenters. The zero-order valence-electron chi connectivity index (χ0n) is 7.21. The first-order chi connectivity index (χ1) is 5.68. The van der Waals surface area contributed by atoms with Crippen LogP contribution in [0.3, 0.4) is 0 Å². The smallest absolute Gasteiger partial charge is 0.306 e. The van der Waals surface area contributed by atoms with Crippen LogP contribution in [0.1, 0.15) is 19.3 Å². The van der Waals surface area contributed by atoms with E-state index in [9.17, 15) is 4.79 Å². The van der Waals surface area contributed by atoms with Gasteiger partial charge >= 0.3 is 5.97 Å². The number of methoxy groups -OCH3 is 1. The molecule has 1 heterocycles. The molecule has 4 nitrogen and oxygen atoms in total. The van der Waals surface area contributed by atoms with Gasteiger partial charge in [0.25, 0.3) is 0 Å². The van der Waals surface area contributed by atoms with Crippen LogP contribution in [0.15, 0.2) is 0 Å². The third-order valence-corrected chi connectivity index (χ3v) is 2.19. The minimum Gasteiger partial charge on any atom is -0.481 e. The molecule has 0 bridgehead atoms. The first kappa shape index (κ1) is 9.48. The molecule has 0 radical (unpaired) electrons. The van der Waals surface area contributed by atoms with Crippen LogP contribution in [0.2, 0.25) is 0 Å². The molecule has 0 aliphatic carbocycles. The van der Waals surface area contributed by atoms with Crippen molar-refractivity contribution < 1.29 is 19.4 Å². The van der Waals surface area contributed by atoms with E-state index in [1.54, 1.807) is 0 Å². The Balaban J connectivity index is 2.53. The molecular weight excluding hydrogens is 160 g/mol. The van der Waals surface area contributed by atoms with Gasteiger partial charge in [-0.2, -0.15) is 0 Å². The minimum atomic E-state index is -0.831. The van der Waals surface area contributed by atoms with Gasteiger partial charge < -0.3 is 14.6 Å². The standard InChI is InChI=1S/C8H14O4/c1-11-8(5-7(9)10)3-2-4-12-6-8/h2-6H2,1H3,(H,9,10). The summed E-state index contributed by atoms with van der Waals surface area (Å²) < 4.78 is 10.4. The lowest BCUT2D eigenvalue weighted by Gasteiger charge is -2.34. The Labute approximate surface area is 71.5 Å². The number of carboxylic acids is 1. The number of ether oxygens (including phenoxy) is 2. The molecule has 4 heteroatoms. The Morgan fingerprint density at radius 2 is 2.50 bits per heavy atom. The summed E-state index contributed by atoms with van der Waals surface area (Å²) in [6, 6.07) is 0. The first-order valence-corrected chi connectivity index (χ1v) is 4.03. The molecule has 0 spiro atoms. The van der Waals surface area contributed by atoms with Gasteiger partial charge in [-0.15, -0.1) is 0 Å². The zero-order chi connectivity index (χ0) is 9.03. The fourth-order valence-corrected chi connectivity index (χ4v) is 1.47. The highest BCUT2D eigenvalue weighted by atomic mass is 16.5. The highest BCUT2D eigenvalue weighted by molar-refractivity contribution is 5.68. The van der Waals surface area contributed by atoms with Crippen molar-refractivity contribution in [2.24, 2.45) is 0 Å². The second kappa shape index (κ2) is 3.87. The predicted molar refractivity (Wildman–Crippen MR) is 42.0 cm³/mol. The molecule has 1 fully saturated rings. The topological polar surface area (TPSA) is 55.8 Å². The maximum Gasteiger partial charge on any atom is 0.306 e. The Bertz CT molecular complexity index is 160. The zero-order valence-corrected chi connectivity index (χ0v) is 7.21. The molecule has 0 aromatic rings. The molecule has 70 valence electrons. The molecule has 1 aliphatic rings. The molecule has 0 aromatic carbocycles. The Kier molecular flexibility index (Phi) is 3.05. The minimum absolute atomic E-state index is 0.0312. The Hall–Kier alpha value is -0.610. The van der Waals surface area contributed by atoms with Crippen LogP contribution in [-0.2, 0) is 14.3 Å². The molecule has 0 saturated carbocycles. The quantitative estimate of drug-likeness (QED) is 0.682. The van der Waals surface area contributed by atoms with Crippen LogP contribution in [0.4, 0.5) is 0 Å². The SMILES string of the molecule is COC1(CC(=O)O)CCCOC1. The molecule has 1 unspecified atom stereocenters. The monoisotopic (exact) mass is 174 g/mol. The predicted octanol–water partition coefficient (Wildman–Crippen LogP) is 0.657. The van der Waals surface area contributed by atoms with Gasteiger partial charge in [-0.1, -0.05) is 0 Å². The molecule has 1 aliphatic heterocycles. The van der Waals surface area contributed by atoms with Crippen molar-refractivity contribution in [2.45, 2.75) is 24.9 Å². The molecule has 12 heavy (non-hydrogen) atoms. The average Bonchev–Trinajstić information content (AvgIpc) is 2.05. The first-order valence-electron chi connectivity index (χ1n) is 4.03. The Morgan fingerprint density at radius 1 is 1.75 bits per heavy atom. The number of carboxylic acid groups (broad SMARTS) is 1. The summed E-state index contributed by atoms with van der Waals surface area (Å²) in [5, 5.41) is 8.63. The number of aliphatic carboxylic acids is 1. The van der Waals surface area contributed by atoms with E-state index in [1.165, 1.54) is 7.11 Å². The molecule has 0 aromatic heterocycles. The van der Waals surface area contributed by atoms with E-state index >= 15 is 0 Å². The van der Waals surface area contributed by atoms with Gasteiger partial charge in [0, 0.05) is 13.7 Å². The van der Waals surface area contributed by atoms with E-state index in [2.05, 4.69) is 0 Å². The van der Waals surface area contributed by atoms with Gasteiger partial charge in [0.15, 0.2) is 0 Å². The van der Waals surface area contributed by atoms with Gasteiger partial charge in [0.2, 0.25) is 0 Å². The molecule has 1 rings (SSSR count). The van der Waals surface area contributed by atoms with Crippen molar-refractivity contribution in [3.8, 4) is 0 Å². The third-order valence-electron chi connectivity index (χ3n) is 2.19. The van der Waals surface area contributed by atoms with E-state index in [0.717, 1.165) is 12.8 Å². The Morgan fingerprint density at radius 3 is 2.92 bits per heavy atom. The summed E-state index contributed by atoms with van der Waals surface area (Å²) in [6.07, 6.45) is 1.68. The molecule has 0 amide bonds. The van der Waals surface area contributed by atoms with Crippen molar-refractivity contribution in [1.29, 1.82) is 0 Å². The largest absolute Gasteiger partial charge is 0.481 e. The van der Waals surface area contributed by atoms with Crippen LogP contribution < -0.4 is 0 Å². The lowest BCUT2D eigenvalue weighted by molar-refractivity contribution is -0.154. The van der Waals surface area contributed by atoms with E-state index in [-0.39, 0.29) is 6.42 Å². The summed E-state index contributed by atoms with van der Waals surface area (Å²) in [4.78, 5) is 10.5. The van der Waals surface area contributed by atoms with Gasteiger partial charge in [-0.05, 0) is 12.8 Å². The van der Waals surface area contributed by atoms with Crippen molar-refractivity contribution in [1.82, 2.24) is 0 Å². The van der Waals surface area contributed by atoms with E-state index in [1.807, 2.05) is 0 Å². The van der Waals surface area contributed by atoms with Crippen LogP contribution in [0, 0.1) is 0 Å². The van der Waals surface area contributed by atoms with Gasteiger partial charge in [0.05, 0.1) is 13.0 Å². The number of rotatable bonds is 3. The van der Waals surface area contributed by atoms with E-state index in [0.29, 0.717) is 13.2 Å². The molecular formula is C8H14O4. The highest BCUT2D eigenvalue weighted by Gasteiger charge is 2.35. The number of carbonyl (C=O) groups is 1. The lowest BCUT2D eigenvalue weighted by Crippen LogP contribution is -2.42. The van der Waals surface area contributed by atoms with E-state index in [4.69, 9.17) is 14.6 Å². The molecule has 1 N–H and O–H groups in total. The summed E-state index contributed by atoms with van der Waals surface area (Å²) in [6.45, 7) is 1.11. The fraction of sp³-hybridized carbons (Fsp3) is 0.875. The fourth-order valence-electron chi connectivity index (χ4n) is 1.47. The lowest BCUT2D eigenvalue weighted by atomic mass is 9.93. The number of hydrogen-bond donors (Lipinski definition) is 1. The van der Waals surface area contributed by atoms with Gasteiger partial charge in [-0.3, -0.25) is 4.79 Å². The third kappa shape index (κ3) is 2.19. The van der Waals surface area contributed by atoms with Crippen molar-refractivity contribution in [3.05, 3.63) is 0 Å². The van der Waals surface area contributed by atoms with Crippen molar-refractivity contribution >= 4 is 5.97 Å². The number of hydrogen-bond acceptors (Lipinski definition) is 3. The summed E-state index contributed by atoms with van der Waals surface area (Å²) in [5.41, 5.74) is -0.579. The van der Waals surface area contributed by atoms with E-state index < -0.39 is 11.6 Å². The van der Waals surface area contributed by atoms with Crippen LogP contribution in [-0.4, -0.2) is 37.0 Å².